The van der Waals surface area contributed by atoms with Gasteiger partial charge in [-0.05, 0) is 67.8 Å². The summed E-state index contributed by atoms with van der Waals surface area (Å²) in [5.74, 6) is -0.804. The first-order valence-electron chi connectivity index (χ1n) is 12.0. The molecule has 0 saturated heterocycles. The summed E-state index contributed by atoms with van der Waals surface area (Å²) in [6.45, 7) is 5.30. The molecule has 0 saturated carbocycles. The first-order valence-corrected chi connectivity index (χ1v) is 13.8. The third-order valence-electron chi connectivity index (χ3n) is 6.04. The van der Waals surface area contributed by atoms with Gasteiger partial charge in [0, 0.05) is 18.6 Å². The number of amides is 2. The Balaban J connectivity index is 2.06. The number of sulfonamides is 1. The van der Waals surface area contributed by atoms with Gasteiger partial charge in [0.25, 0.3) is 10.0 Å². The van der Waals surface area contributed by atoms with Gasteiger partial charge in [0.15, 0.2) is 0 Å². The van der Waals surface area contributed by atoms with Crippen LogP contribution in [0.2, 0.25) is 5.02 Å². The van der Waals surface area contributed by atoms with Crippen LogP contribution in [-0.4, -0.2) is 44.8 Å². The van der Waals surface area contributed by atoms with Crippen LogP contribution in [0.1, 0.15) is 30.0 Å². The molecule has 3 aromatic rings. The second kappa shape index (κ2) is 12.3. The van der Waals surface area contributed by atoms with Crippen LogP contribution in [0.3, 0.4) is 0 Å². The van der Waals surface area contributed by atoms with Crippen molar-refractivity contribution in [1.82, 2.24) is 10.2 Å². The van der Waals surface area contributed by atoms with Crippen LogP contribution in [0.5, 0.6) is 0 Å². The highest BCUT2D eigenvalue weighted by atomic mass is 35.5. The number of nitrogens with zero attached hydrogens (tertiary/aromatic N) is 2. The Kier molecular flexibility index (Phi) is 9.34. The van der Waals surface area contributed by atoms with E-state index < -0.39 is 28.5 Å². The molecule has 0 bridgehead atoms. The molecule has 3 aromatic carbocycles. The molecule has 0 heterocycles. The molecule has 1 atom stereocenters. The van der Waals surface area contributed by atoms with E-state index in [1.165, 1.54) is 36.2 Å². The Hall–Kier alpha value is -3.36. The van der Waals surface area contributed by atoms with Gasteiger partial charge in [0.05, 0.1) is 10.6 Å². The summed E-state index contributed by atoms with van der Waals surface area (Å²) in [6, 6.07) is 19.6. The van der Waals surface area contributed by atoms with E-state index >= 15 is 0 Å². The Morgan fingerprint density at radius 3 is 2.14 bits per heavy atom. The van der Waals surface area contributed by atoms with Crippen molar-refractivity contribution in [1.29, 1.82) is 0 Å². The Morgan fingerprint density at radius 2 is 1.57 bits per heavy atom. The quantitative estimate of drug-likeness (QED) is 0.403. The number of benzene rings is 3. The lowest BCUT2D eigenvalue weighted by atomic mass is 10.1. The lowest BCUT2D eigenvalue weighted by molar-refractivity contribution is -0.140. The van der Waals surface area contributed by atoms with E-state index in [9.17, 15) is 18.0 Å². The van der Waals surface area contributed by atoms with Crippen molar-refractivity contribution < 1.29 is 18.0 Å². The number of nitrogens with one attached hydrogen (secondary N) is 1. The summed E-state index contributed by atoms with van der Waals surface area (Å²) >= 11 is 5.98. The first kappa shape index (κ1) is 28.2. The third-order valence-corrected chi connectivity index (χ3v) is 8.08. The van der Waals surface area contributed by atoms with Gasteiger partial charge < -0.3 is 10.2 Å². The zero-order valence-corrected chi connectivity index (χ0v) is 23.0. The molecule has 0 radical (unpaired) electrons. The molecule has 1 N–H and O–H groups in total. The van der Waals surface area contributed by atoms with Gasteiger partial charge in [-0.25, -0.2) is 8.42 Å². The molecule has 3 rings (SSSR count). The first-order chi connectivity index (χ1) is 17.6. The predicted octanol–water partition coefficient (Wildman–Crippen LogP) is 4.71. The minimum absolute atomic E-state index is 0.00906. The number of carbonyl (C=O) groups is 2. The number of rotatable bonds is 10. The maximum Gasteiger partial charge on any atom is 0.264 e. The molecule has 9 heteroatoms. The van der Waals surface area contributed by atoms with Crippen LogP contribution in [-0.2, 0) is 26.2 Å². The average molecular weight is 542 g/mol. The minimum Gasteiger partial charge on any atom is -0.357 e. The van der Waals surface area contributed by atoms with Gasteiger partial charge in [-0.2, -0.15) is 0 Å². The van der Waals surface area contributed by atoms with Gasteiger partial charge in [-0.1, -0.05) is 60.5 Å². The van der Waals surface area contributed by atoms with Crippen molar-refractivity contribution in [3.63, 3.8) is 0 Å². The molecule has 0 aliphatic rings. The average Bonchev–Trinajstić information content (AvgIpc) is 2.87. The van der Waals surface area contributed by atoms with Crippen molar-refractivity contribution >= 4 is 39.1 Å². The van der Waals surface area contributed by atoms with Gasteiger partial charge in [-0.15, -0.1) is 0 Å². The van der Waals surface area contributed by atoms with E-state index in [4.69, 9.17) is 11.6 Å². The van der Waals surface area contributed by atoms with Gasteiger partial charge >= 0.3 is 0 Å². The number of likely N-dealkylation sites (N-methyl/N-ethyl adjacent to an activating group) is 1. The van der Waals surface area contributed by atoms with E-state index in [0.717, 1.165) is 21.0 Å². The molecule has 0 unspecified atom stereocenters. The molecule has 7 nitrogen and oxygen atoms in total. The van der Waals surface area contributed by atoms with Gasteiger partial charge in [0.2, 0.25) is 11.8 Å². The molecule has 0 fully saturated rings. The standard InChI is InChI=1S/C28H32ClN3O4S/c1-5-26(28(34)30-4)31(18-22-10-6-8-20(2)16-22)27(33)19-32(24-11-7-9-21(3)17-24)37(35,36)25-14-12-23(29)13-15-25/h6-17,26H,5,18-19H2,1-4H3,(H,30,34)/t26-/m0/s1. The molecular formula is C28H32ClN3O4S. The van der Waals surface area contributed by atoms with E-state index in [2.05, 4.69) is 5.32 Å². The number of carbonyl (C=O) groups excluding carboxylic acids is 2. The fourth-order valence-corrected chi connectivity index (χ4v) is 5.67. The summed E-state index contributed by atoms with van der Waals surface area (Å²) in [7, 11) is -2.61. The Labute approximate surface area is 224 Å². The molecule has 2 amide bonds. The minimum atomic E-state index is -4.13. The molecule has 37 heavy (non-hydrogen) atoms. The summed E-state index contributed by atoms with van der Waals surface area (Å²) in [4.78, 5) is 28.1. The summed E-state index contributed by atoms with van der Waals surface area (Å²) in [5.41, 5.74) is 3.06. The summed E-state index contributed by atoms with van der Waals surface area (Å²) in [5, 5.41) is 3.03. The number of hydrogen-bond donors (Lipinski definition) is 1. The van der Waals surface area contributed by atoms with Crippen molar-refractivity contribution in [2.75, 3.05) is 17.9 Å². The highest BCUT2D eigenvalue weighted by molar-refractivity contribution is 7.92. The third kappa shape index (κ3) is 6.90. The Bertz CT molecular complexity index is 1360. The van der Waals surface area contributed by atoms with Crippen LogP contribution < -0.4 is 9.62 Å². The fourth-order valence-electron chi connectivity index (χ4n) is 4.14. The van der Waals surface area contributed by atoms with Crippen molar-refractivity contribution in [3.8, 4) is 0 Å². The molecule has 0 aromatic heterocycles. The highest BCUT2D eigenvalue weighted by Gasteiger charge is 2.33. The van der Waals surface area contributed by atoms with E-state index in [1.807, 2.05) is 51.1 Å². The maximum absolute atomic E-state index is 13.9. The lowest BCUT2D eigenvalue weighted by Gasteiger charge is -2.33. The van der Waals surface area contributed by atoms with Crippen molar-refractivity contribution in [2.24, 2.45) is 0 Å². The van der Waals surface area contributed by atoms with Gasteiger partial charge in [0.1, 0.15) is 12.6 Å². The zero-order valence-electron chi connectivity index (χ0n) is 21.4. The summed E-state index contributed by atoms with van der Waals surface area (Å²) < 4.78 is 28.6. The SMILES string of the molecule is CC[C@@H](C(=O)NC)N(Cc1cccc(C)c1)C(=O)CN(c1cccc(C)c1)S(=O)(=O)c1ccc(Cl)cc1. The van der Waals surface area contributed by atoms with E-state index in [-0.39, 0.29) is 17.3 Å². The highest BCUT2D eigenvalue weighted by Crippen LogP contribution is 2.26. The monoisotopic (exact) mass is 541 g/mol. The molecule has 0 aliphatic heterocycles. The second-order valence-corrected chi connectivity index (χ2v) is 11.2. The van der Waals surface area contributed by atoms with Crippen molar-refractivity contribution in [3.05, 3.63) is 94.5 Å². The number of halogens is 1. The fraction of sp³-hybridized carbons (Fsp3) is 0.286. The summed E-state index contributed by atoms with van der Waals surface area (Å²) in [6.07, 6.45) is 0.367. The Morgan fingerprint density at radius 1 is 0.946 bits per heavy atom. The smallest absolute Gasteiger partial charge is 0.264 e. The maximum atomic E-state index is 13.9. The van der Waals surface area contributed by atoms with Crippen LogP contribution >= 0.6 is 11.6 Å². The van der Waals surface area contributed by atoms with Crippen molar-refractivity contribution in [2.45, 2.75) is 44.7 Å². The zero-order chi connectivity index (χ0) is 27.2. The molecular weight excluding hydrogens is 510 g/mol. The van der Waals surface area contributed by atoms with Crippen LogP contribution in [0.4, 0.5) is 5.69 Å². The molecule has 0 aliphatic carbocycles. The number of hydrogen-bond acceptors (Lipinski definition) is 4. The van der Waals surface area contributed by atoms with Crippen LogP contribution in [0, 0.1) is 13.8 Å². The molecule has 0 spiro atoms. The van der Waals surface area contributed by atoms with Gasteiger partial charge in [-0.3, -0.25) is 13.9 Å². The second-order valence-electron chi connectivity index (χ2n) is 8.85. The van der Waals surface area contributed by atoms with Crippen LogP contribution in [0.15, 0.2) is 77.7 Å². The largest absolute Gasteiger partial charge is 0.357 e. The molecule has 196 valence electrons. The van der Waals surface area contributed by atoms with E-state index in [1.54, 1.807) is 18.2 Å². The lowest BCUT2D eigenvalue weighted by Crippen LogP contribution is -2.51. The normalized spacial score (nSPS) is 12.0. The number of aryl methyl sites for hydroxylation is 2. The predicted molar refractivity (Wildman–Crippen MR) is 147 cm³/mol. The number of anilines is 1. The van der Waals surface area contributed by atoms with Crippen LogP contribution in [0.25, 0.3) is 0 Å². The van der Waals surface area contributed by atoms with E-state index in [0.29, 0.717) is 17.1 Å². The topological polar surface area (TPSA) is 86.8 Å².